The summed E-state index contributed by atoms with van der Waals surface area (Å²) in [6.45, 7) is 5.02. The quantitative estimate of drug-likeness (QED) is 0.522. The number of pyridine rings is 1. The molecule has 0 saturated carbocycles. The first-order valence-electron chi connectivity index (χ1n) is 12.1. The van der Waals surface area contributed by atoms with E-state index < -0.39 is 36.9 Å². The summed E-state index contributed by atoms with van der Waals surface area (Å²) in [6.07, 6.45) is -3.24. The summed E-state index contributed by atoms with van der Waals surface area (Å²) in [5.41, 5.74) is 1.45. The third kappa shape index (κ3) is 8.16. The van der Waals surface area contributed by atoms with Gasteiger partial charge in [-0.3, -0.25) is 19.5 Å². The van der Waals surface area contributed by atoms with Crippen molar-refractivity contribution in [2.45, 2.75) is 51.6 Å². The third-order valence-corrected chi connectivity index (χ3v) is 6.28. The van der Waals surface area contributed by atoms with E-state index in [1.165, 1.54) is 12.1 Å². The first-order chi connectivity index (χ1) is 17.5. The molecule has 11 heteroatoms. The van der Waals surface area contributed by atoms with Gasteiger partial charge in [0.25, 0.3) is 5.91 Å². The van der Waals surface area contributed by atoms with E-state index in [0.717, 1.165) is 5.56 Å². The Labute approximate surface area is 214 Å². The number of likely N-dealkylation sites (N-methyl/N-ethyl adjacent to an activating group) is 1. The highest BCUT2D eigenvalue weighted by Gasteiger charge is 2.34. The van der Waals surface area contributed by atoms with Crippen LogP contribution in [0.25, 0.3) is 0 Å². The van der Waals surface area contributed by atoms with Crippen molar-refractivity contribution in [3.05, 3.63) is 53.9 Å². The molecule has 0 spiro atoms. The number of amides is 2. The highest BCUT2D eigenvalue weighted by Crippen LogP contribution is 2.31. The first kappa shape index (κ1) is 28.4. The van der Waals surface area contributed by atoms with Gasteiger partial charge in [0.05, 0.1) is 24.6 Å². The maximum Gasteiger partial charge on any atom is 0.389 e. The van der Waals surface area contributed by atoms with Crippen molar-refractivity contribution in [3.63, 3.8) is 0 Å². The molecule has 0 fully saturated rings. The second-order valence-corrected chi connectivity index (χ2v) is 9.55. The molecule has 2 amide bonds. The predicted molar refractivity (Wildman–Crippen MR) is 132 cm³/mol. The van der Waals surface area contributed by atoms with Gasteiger partial charge in [-0.25, -0.2) is 0 Å². The van der Waals surface area contributed by atoms with Crippen molar-refractivity contribution < 1.29 is 32.6 Å². The van der Waals surface area contributed by atoms with Gasteiger partial charge >= 0.3 is 6.18 Å². The topological polar surface area (TPSA) is 95.0 Å². The Hall–Kier alpha value is -3.18. The van der Waals surface area contributed by atoms with Crippen molar-refractivity contribution in [3.8, 4) is 5.75 Å². The lowest BCUT2D eigenvalue weighted by atomic mass is 9.99. The molecule has 3 atom stereocenters. The number of nitrogens with zero attached hydrogens (tertiary/aromatic N) is 3. The number of alkyl halides is 3. The maximum absolute atomic E-state index is 13.5. The molecule has 2 aromatic rings. The highest BCUT2D eigenvalue weighted by atomic mass is 19.4. The minimum Gasteiger partial charge on any atom is -0.488 e. The number of carbonyl (C=O) groups excluding carboxylic acids is 2. The van der Waals surface area contributed by atoms with E-state index in [1.54, 1.807) is 30.3 Å². The molecule has 8 nitrogen and oxygen atoms in total. The fraction of sp³-hybridized carbons (Fsp3) is 0.500. The average Bonchev–Trinajstić information content (AvgIpc) is 2.85. The van der Waals surface area contributed by atoms with Crippen LogP contribution in [0.5, 0.6) is 5.75 Å². The summed E-state index contributed by atoms with van der Waals surface area (Å²) in [5, 5.41) is 12.2. The largest absolute Gasteiger partial charge is 0.488 e. The molecule has 37 heavy (non-hydrogen) atoms. The number of benzene rings is 1. The Morgan fingerprint density at radius 3 is 2.65 bits per heavy atom. The van der Waals surface area contributed by atoms with Gasteiger partial charge in [-0.05, 0) is 49.9 Å². The minimum absolute atomic E-state index is 0.0762. The number of aromatic nitrogens is 1. The molecule has 0 radical (unpaired) electrons. The summed E-state index contributed by atoms with van der Waals surface area (Å²) in [7, 11) is 1.97. The molecule has 2 heterocycles. The zero-order valence-electron chi connectivity index (χ0n) is 21.2. The lowest BCUT2D eigenvalue weighted by molar-refractivity contribution is -0.142. The average molecular weight is 523 g/mol. The van der Waals surface area contributed by atoms with Gasteiger partial charge in [0.2, 0.25) is 5.91 Å². The fourth-order valence-corrected chi connectivity index (χ4v) is 4.17. The first-order valence-corrected chi connectivity index (χ1v) is 12.1. The number of aliphatic hydroxyl groups is 1. The number of halogens is 3. The van der Waals surface area contributed by atoms with Crippen LogP contribution in [0.2, 0.25) is 0 Å². The SMILES string of the molecule is C[C@H]1CN([C@@H](C)CO)C(=O)c2cc(NC(=O)CCC(F)(F)F)ccc2O[C@@H]1CN(C)Cc1ccncc1. The van der Waals surface area contributed by atoms with E-state index in [1.807, 2.05) is 26.1 Å². The summed E-state index contributed by atoms with van der Waals surface area (Å²) in [4.78, 5) is 33.2. The molecule has 0 saturated heterocycles. The summed E-state index contributed by atoms with van der Waals surface area (Å²) < 4.78 is 43.7. The number of carbonyl (C=O) groups is 2. The Morgan fingerprint density at radius 1 is 1.30 bits per heavy atom. The molecule has 0 bridgehead atoms. The van der Waals surface area contributed by atoms with Crippen LogP contribution in [0.3, 0.4) is 0 Å². The van der Waals surface area contributed by atoms with Crippen LogP contribution in [0.15, 0.2) is 42.7 Å². The molecular weight excluding hydrogens is 489 g/mol. The number of anilines is 1. The lowest BCUT2D eigenvalue weighted by Crippen LogP contribution is -2.49. The standard InChI is InChI=1S/C26H33F3N4O4/c1-17-13-33(18(2)16-34)25(36)21-12-20(31-24(35)6-9-26(27,28)29)4-5-22(21)37-23(17)15-32(3)14-19-7-10-30-11-8-19/h4-5,7-8,10-12,17-18,23,34H,6,9,13-16H2,1-3H3,(H,31,35)/t17-,18-,23+/m0/s1. The van der Waals surface area contributed by atoms with Crippen molar-refractivity contribution >= 4 is 17.5 Å². The Morgan fingerprint density at radius 2 is 2.00 bits per heavy atom. The van der Waals surface area contributed by atoms with Crippen LogP contribution >= 0.6 is 0 Å². The molecule has 1 aromatic heterocycles. The third-order valence-electron chi connectivity index (χ3n) is 6.28. The summed E-state index contributed by atoms with van der Waals surface area (Å²) >= 11 is 0. The van der Waals surface area contributed by atoms with Crippen LogP contribution in [-0.4, -0.2) is 76.8 Å². The van der Waals surface area contributed by atoms with Crippen molar-refractivity contribution in [1.82, 2.24) is 14.8 Å². The Kier molecular flexibility index (Phi) is 9.50. The number of nitrogens with one attached hydrogen (secondary N) is 1. The fourth-order valence-electron chi connectivity index (χ4n) is 4.17. The second kappa shape index (κ2) is 12.4. The summed E-state index contributed by atoms with van der Waals surface area (Å²) in [5.74, 6) is -0.963. The zero-order chi connectivity index (χ0) is 27.2. The number of rotatable bonds is 9. The van der Waals surface area contributed by atoms with Gasteiger partial charge in [0.1, 0.15) is 11.9 Å². The summed E-state index contributed by atoms with van der Waals surface area (Å²) in [6, 6.07) is 7.85. The maximum atomic E-state index is 13.5. The van der Waals surface area contributed by atoms with Gasteiger partial charge < -0.3 is 20.1 Å². The molecule has 1 aliphatic rings. The molecule has 1 aliphatic heterocycles. The monoisotopic (exact) mass is 522 g/mol. The van der Waals surface area contributed by atoms with E-state index in [4.69, 9.17) is 4.74 Å². The molecule has 0 aliphatic carbocycles. The van der Waals surface area contributed by atoms with Crippen LogP contribution in [-0.2, 0) is 11.3 Å². The van der Waals surface area contributed by atoms with Gasteiger partial charge in [-0.2, -0.15) is 13.2 Å². The Bertz CT molecular complexity index is 1070. The molecular formula is C26H33F3N4O4. The van der Waals surface area contributed by atoms with Crippen LogP contribution in [0.4, 0.5) is 18.9 Å². The molecule has 3 rings (SSSR count). The van der Waals surface area contributed by atoms with Gasteiger partial charge in [-0.1, -0.05) is 6.92 Å². The molecule has 2 N–H and O–H groups in total. The Balaban J connectivity index is 1.84. The van der Waals surface area contributed by atoms with E-state index >= 15 is 0 Å². The number of hydrogen-bond acceptors (Lipinski definition) is 6. The molecule has 202 valence electrons. The van der Waals surface area contributed by atoms with Crippen LogP contribution < -0.4 is 10.1 Å². The molecule has 1 aromatic carbocycles. The van der Waals surface area contributed by atoms with E-state index in [0.29, 0.717) is 25.4 Å². The smallest absolute Gasteiger partial charge is 0.389 e. The van der Waals surface area contributed by atoms with Crippen molar-refractivity contribution in [2.24, 2.45) is 5.92 Å². The van der Waals surface area contributed by atoms with Crippen LogP contribution in [0, 0.1) is 5.92 Å². The normalized spacial score (nSPS) is 19.0. The van der Waals surface area contributed by atoms with Crippen molar-refractivity contribution in [1.29, 1.82) is 0 Å². The molecule has 0 unspecified atom stereocenters. The van der Waals surface area contributed by atoms with Gasteiger partial charge in [-0.15, -0.1) is 0 Å². The predicted octanol–water partition coefficient (Wildman–Crippen LogP) is 3.71. The second-order valence-electron chi connectivity index (χ2n) is 9.55. The highest BCUT2D eigenvalue weighted by molar-refractivity contribution is 5.99. The van der Waals surface area contributed by atoms with Crippen molar-refractivity contribution in [2.75, 3.05) is 32.1 Å². The van der Waals surface area contributed by atoms with E-state index in [2.05, 4.69) is 15.2 Å². The number of hydrogen-bond donors (Lipinski definition) is 2. The van der Waals surface area contributed by atoms with Gasteiger partial charge in [0, 0.05) is 50.1 Å². The van der Waals surface area contributed by atoms with Gasteiger partial charge in [0.15, 0.2) is 0 Å². The number of aliphatic hydroxyl groups excluding tert-OH is 1. The minimum atomic E-state index is -4.44. The number of fused-ring (bicyclic) bond motifs is 1. The number of ether oxygens (including phenoxy) is 1. The van der Waals surface area contributed by atoms with E-state index in [-0.39, 0.29) is 29.9 Å². The van der Waals surface area contributed by atoms with E-state index in [9.17, 15) is 27.9 Å². The zero-order valence-corrected chi connectivity index (χ0v) is 21.2. The lowest BCUT2D eigenvalue weighted by Gasteiger charge is -2.38. The van der Waals surface area contributed by atoms with Crippen LogP contribution in [0.1, 0.15) is 42.6 Å².